The highest BCUT2D eigenvalue weighted by atomic mass is 19.4. The van der Waals surface area contributed by atoms with E-state index in [1.54, 1.807) is 24.3 Å². The topological polar surface area (TPSA) is 148 Å². The van der Waals surface area contributed by atoms with Crippen LogP contribution in [0.4, 0.5) is 19.1 Å². The zero-order valence-electron chi connectivity index (χ0n) is 18.4. The molecule has 0 aliphatic carbocycles. The highest BCUT2D eigenvalue weighted by Gasteiger charge is 2.43. The van der Waals surface area contributed by atoms with Crippen LogP contribution < -0.4 is 10.5 Å². The largest absolute Gasteiger partial charge is 0.477 e. The molecule has 0 saturated carbocycles. The fourth-order valence-corrected chi connectivity index (χ4v) is 3.37. The number of halogens is 3. The number of nitrogens with two attached hydrogens (primary N) is 1. The molecule has 0 aliphatic heterocycles. The van der Waals surface area contributed by atoms with E-state index in [0.717, 1.165) is 0 Å². The van der Waals surface area contributed by atoms with Gasteiger partial charge in [-0.25, -0.2) is 9.78 Å². The fourth-order valence-electron chi connectivity index (χ4n) is 3.37. The quantitative estimate of drug-likeness (QED) is 0.297. The van der Waals surface area contributed by atoms with Gasteiger partial charge in [0.1, 0.15) is 12.0 Å². The summed E-state index contributed by atoms with van der Waals surface area (Å²) in [6.07, 6.45) is -4.34. The minimum absolute atomic E-state index is 0.0843. The maximum absolute atomic E-state index is 13.9. The van der Waals surface area contributed by atoms with Crippen LogP contribution >= 0.6 is 0 Å². The predicted molar refractivity (Wildman–Crippen MR) is 122 cm³/mol. The number of alkyl halides is 3. The Morgan fingerprint density at radius 1 is 1.06 bits per heavy atom. The van der Waals surface area contributed by atoms with E-state index in [-0.39, 0.29) is 29.5 Å². The number of nitrogens with one attached hydrogen (secondary N) is 1. The average molecular weight is 497 g/mol. The molecule has 36 heavy (non-hydrogen) atoms. The number of anilines is 1. The van der Waals surface area contributed by atoms with Crippen molar-refractivity contribution < 1.29 is 32.3 Å². The molecule has 1 atom stereocenters. The molecule has 0 fully saturated rings. The monoisotopic (exact) mass is 497 g/mol. The summed E-state index contributed by atoms with van der Waals surface area (Å²) < 4.78 is 51.8. The molecule has 4 rings (SSSR count). The summed E-state index contributed by atoms with van der Waals surface area (Å²) in [4.78, 5) is 18.7. The van der Waals surface area contributed by atoms with E-state index in [9.17, 15) is 18.0 Å². The smallest absolute Gasteiger partial charge is 0.429 e. The normalized spacial score (nSPS) is 12.2. The lowest BCUT2D eigenvalue weighted by Gasteiger charge is -2.22. The number of carbonyl (C=O) groups is 1. The van der Waals surface area contributed by atoms with Gasteiger partial charge in [-0.3, -0.25) is 5.41 Å². The van der Waals surface area contributed by atoms with Gasteiger partial charge >= 0.3 is 12.1 Å². The number of aromatic nitrogens is 3. The molecule has 4 aromatic rings. The number of hydrogen-bond donors (Lipinski definition) is 3. The minimum atomic E-state index is -4.76. The van der Waals surface area contributed by atoms with Crippen molar-refractivity contribution in [1.29, 1.82) is 5.41 Å². The molecule has 0 aliphatic rings. The summed E-state index contributed by atoms with van der Waals surface area (Å²) in [5.41, 5.74) is 7.61. The first-order valence-corrected chi connectivity index (χ1v) is 10.4. The van der Waals surface area contributed by atoms with Crippen molar-refractivity contribution in [1.82, 2.24) is 15.1 Å². The molecule has 12 heteroatoms. The number of benzene rings is 2. The Kier molecular flexibility index (Phi) is 6.68. The highest BCUT2D eigenvalue weighted by molar-refractivity contribution is 6.34. The Labute approximate surface area is 201 Å². The lowest BCUT2D eigenvalue weighted by atomic mass is 10.0. The van der Waals surface area contributed by atoms with Gasteiger partial charge in [0, 0.05) is 29.2 Å². The summed E-state index contributed by atoms with van der Waals surface area (Å²) in [6.45, 7) is 0. The Morgan fingerprint density at radius 2 is 1.72 bits per heavy atom. The van der Waals surface area contributed by atoms with Gasteiger partial charge in [-0.15, -0.1) is 0 Å². The molecule has 2 aromatic carbocycles. The minimum Gasteiger partial charge on any atom is -0.477 e. The Bertz CT molecular complexity index is 1370. The van der Waals surface area contributed by atoms with E-state index in [1.807, 2.05) is 0 Å². The number of carboxylic acid groups (broad SMARTS) is 1. The molecule has 0 spiro atoms. The van der Waals surface area contributed by atoms with Crippen LogP contribution in [0, 0.1) is 5.41 Å². The predicted octanol–water partition coefficient (Wildman–Crippen LogP) is 4.71. The van der Waals surface area contributed by atoms with Crippen molar-refractivity contribution in [2.45, 2.75) is 18.7 Å². The second kappa shape index (κ2) is 9.86. The van der Waals surface area contributed by atoms with Crippen LogP contribution in [0.5, 0.6) is 5.88 Å². The van der Waals surface area contributed by atoms with Gasteiger partial charge in [-0.05, 0) is 11.1 Å². The number of nitrogen functional groups attached to an aromatic ring is 1. The van der Waals surface area contributed by atoms with Crippen LogP contribution in [0.25, 0.3) is 22.4 Å². The summed E-state index contributed by atoms with van der Waals surface area (Å²) in [7, 11) is 0. The van der Waals surface area contributed by atoms with Gasteiger partial charge in [0.05, 0.1) is 11.9 Å². The fraction of sp³-hybridized carbons (Fsp3) is 0.125. The molecule has 0 unspecified atom stereocenters. The average Bonchev–Trinajstić information content (AvgIpc) is 3.37. The second-order valence-corrected chi connectivity index (χ2v) is 7.68. The van der Waals surface area contributed by atoms with Gasteiger partial charge in [0.15, 0.2) is 0 Å². The van der Waals surface area contributed by atoms with Crippen LogP contribution in [0.1, 0.15) is 17.2 Å². The zero-order chi connectivity index (χ0) is 25.9. The molecule has 0 amide bonds. The summed E-state index contributed by atoms with van der Waals surface area (Å²) in [5, 5.41) is 19.9. The molecule has 184 valence electrons. The van der Waals surface area contributed by atoms with Crippen molar-refractivity contribution in [2.75, 3.05) is 5.73 Å². The van der Waals surface area contributed by atoms with Crippen LogP contribution in [-0.2, 0) is 11.2 Å². The van der Waals surface area contributed by atoms with E-state index in [1.165, 1.54) is 42.8 Å². The van der Waals surface area contributed by atoms with E-state index < -0.39 is 24.0 Å². The number of carboxylic acids is 1. The van der Waals surface area contributed by atoms with Crippen LogP contribution in [0.3, 0.4) is 0 Å². The van der Waals surface area contributed by atoms with E-state index in [2.05, 4.69) is 15.1 Å². The maximum Gasteiger partial charge on any atom is 0.429 e. The SMILES string of the molecule is N=C(Cc1ccc(-c2cc(O[C@@H](c3ccc(-c4cnoc4)cc3)C(F)(F)F)nc(N)n2)cc1)C(=O)O. The van der Waals surface area contributed by atoms with Gasteiger partial charge in [0.2, 0.25) is 17.9 Å². The lowest BCUT2D eigenvalue weighted by Crippen LogP contribution is -2.26. The highest BCUT2D eigenvalue weighted by Crippen LogP contribution is 2.38. The summed E-state index contributed by atoms with van der Waals surface area (Å²) >= 11 is 0. The molecular formula is C24H18F3N5O4. The third kappa shape index (κ3) is 5.66. The second-order valence-electron chi connectivity index (χ2n) is 7.68. The van der Waals surface area contributed by atoms with Crippen molar-refractivity contribution in [3.05, 3.63) is 78.2 Å². The van der Waals surface area contributed by atoms with Crippen molar-refractivity contribution in [2.24, 2.45) is 0 Å². The van der Waals surface area contributed by atoms with Gasteiger partial charge in [-0.2, -0.15) is 18.2 Å². The summed E-state index contributed by atoms with van der Waals surface area (Å²) in [6, 6.07) is 13.1. The number of aliphatic carboxylic acids is 1. The number of nitrogens with zero attached hydrogens (tertiary/aromatic N) is 3. The maximum atomic E-state index is 13.9. The zero-order valence-corrected chi connectivity index (χ0v) is 18.4. The van der Waals surface area contributed by atoms with E-state index in [4.69, 9.17) is 25.5 Å². The first-order chi connectivity index (χ1) is 17.1. The van der Waals surface area contributed by atoms with E-state index in [0.29, 0.717) is 22.3 Å². The van der Waals surface area contributed by atoms with E-state index >= 15 is 0 Å². The van der Waals surface area contributed by atoms with Crippen LogP contribution in [-0.4, -0.2) is 38.1 Å². The van der Waals surface area contributed by atoms with Crippen LogP contribution in [0.15, 0.2) is 71.6 Å². The Hall–Kier alpha value is -4.74. The third-order valence-corrected chi connectivity index (χ3v) is 5.12. The molecule has 2 heterocycles. The summed E-state index contributed by atoms with van der Waals surface area (Å²) in [5.74, 6) is -1.99. The van der Waals surface area contributed by atoms with Gasteiger partial charge in [0.25, 0.3) is 0 Å². The number of hydrogen-bond acceptors (Lipinski definition) is 8. The molecule has 0 radical (unpaired) electrons. The van der Waals surface area contributed by atoms with Crippen molar-refractivity contribution in [3.63, 3.8) is 0 Å². The molecule has 0 saturated heterocycles. The lowest BCUT2D eigenvalue weighted by molar-refractivity contribution is -0.198. The Morgan fingerprint density at radius 3 is 2.31 bits per heavy atom. The van der Waals surface area contributed by atoms with Crippen molar-refractivity contribution in [3.8, 4) is 28.3 Å². The van der Waals surface area contributed by atoms with Crippen LogP contribution in [0.2, 0.25) is 0 Å². The molecular weight excluding hydrogens is 479 g/mol. The third-order valence-electron chi connectivity index (χ3n) is 5.12. The first kappa shape index (κ1) is 24.4. The first-order valence-electron chi connectivity index (χ1n) is 10.4. The molecule has 2 aromatic heterocycles. The van der Waals surface area contributed by atoms with Crippen molar-refractivity contribution >= 4 is 17.6 Å². The van der Waals surface area contributed by atoms with Gasteiger partial charge < -0.3 is 20.1 Å². The van der Waals surface area contributed by atoms with Gasteiger partial charge in [-0.1, -0.05) is 53.7 Å². The Balaban J connectivity index is 1.59. The molecule has 9 nitrogen and oxygen atoms in total. The molecule has 4 N–H and O–H groups in total. The number of rotatable bonds is 8. The molecule has 0 bridgehead atoms. The number of ether oxygens (including phenoxy) is 1. The standard InChI is InChI=1S/C24H18F3N5O4/c25-24(26,27)21(16-7-5-14(6-8-16)17-11-30-35-12-17)36-20-10-19(31-23(29)32-20)15-3-1-13(2-4-15)9-18(28)22(33)34/h1-8,10-12,21,28H,9H2,(H,33,34)(H2,29,31,32)/t21-/m0/s1.